The molecule has 0 aliphatic rings. The van der Waals surface area contributed by atoms with E-state index in [0.717, 1.165) is 13.0 Å². The zero-order valence-corrected chi connectivity index (χ0v) is 11.3. The van der Waals surface area contributed by atoms with Crippen molar-refractivity contribution in [3.8, 4) is 0 Å². The number of rotatable bonds is 2. The van der Waals surface area contributed by atoms with Crippen LogP contribution in [0.15, 0.2) is 35.8 Å². The van der Waals surface area contributed by atoms with E-state index < -0.39 is 12.4 Å². The van der Waals surface area contributed by atoms with Crippen molar-refractivity contribution in [2.24, 2.45) is 0 Å². The Morgan fingerprint density at radius 1 is 1.14 bits per heavy atom. The van der Waals surface area contributed by atoms with E-state index in [1.165, 1.54) is 0 Å². The van der Waals surface area contributed by atoms with Gasteiger partial charge in [-0.3, -0.25) is 0 Å². The van der Waals surface area contributed by atoms with Gasteiger partial charge in [-0.15, -0.1) is 5.47 Å². The third-order valence-corrected chi connectivity index (χ3v) is 1.71. The van der Waals surface area contributed by atoms with E-state index in [4.69, 9.17) is 0 Å². The molecule has 14 heavy (non-hydrogen) atoms. The third kappa shape index (κ3) is 4.80. The Morgan fingerprint density at radius 3 is 2.07 bits per heavy atom. The smallest absolute Gasteiger partial charge is 0.445 e. The topological polar surface area (TPSA) is 0 Å². The summed E-state index contributed by atoms with van der Waals surface area (Å²) in [6.45, 7) is -3.75. The predicted octanol–water partition coefficient (Wildman–Crippen LogP) is 0.480. The average molecular weight is 224 g/mol. The molecule has 0 nitrogen and oxygen atoms in total. The van der Waals surface area contributed by atoms with Crippen LogP contribution in [0, 0.1) is 0 Å². The van der Waals surface area contributed by atoms with Gasteiger partial charge in [0.2, 0.25) is 0 Å². The van der Waals surface area contributed by atoms with Gasteiger partial charge < -0.3 is 12.9 Å². The molecular formula is C9H9BF3K. The fraction of sp³-hybridized carbons (Fsp3) is 0.111. The molecule has 1 aromatic carbocycles. The summed E-state index contributed by atoms with van der Waals surface area (Å²) in [7, 11) is 0. The first-order valence-electron chi connectivity index (χ1n) is 3.93. The number of allylic oxidation sites excluding steroid dienone is 1. The van der Waals surface area contributed by atoms with Crippen molar-refractivity contribution >= 4 is 13.1 Å². The van der Waals surface area contributed by atoms with Crippen LogP contribution in [0.1, 0.15) is 12.5 Å². The maximum Gasteiger partial charge on any atom is 1.00 e. The average Bonchev–Trinajstić information content (AvgIpc) is 2.04. The van der Waals surface area contributed by atoms with Crippen LogP contribution in [-0.2, 0) is 0 Å². The van der Waals surface area contributed by atoms with Crippen LogP contribution < -0.4 is 51.4 Å². The van der Waals surface area contributed by atoms with Gasteiger partial charge in [0, 0.05) is 0 Å². The Labute approximate surface area is 124 Å². The van der Waals surface area contributed by atoms with Crippen LogP contribution in [0.4, 0.5) is 12.9 Å². The second-order valence-electron chi connectivity index (χ2n) is 2.87. The van der Waals surface area contributed by atoms with E-state index in [0.29, 0.717) is 5.56 Å². The molecule has 0 fully saturated rings. The standard InChI is InChI=1S/C9H9BF3.K/c1-8(10(11,12)13)7-9-5-3-2-4-6-9;/h2-7H,1H3;/q-1;+1/b8-7+;. The summed E-state index contributed by atoms with van der Waals surface area (Å²) in [5.41, 5.74) is 0.0606. The molecule has 0 unspecified atom stereocenters. The molecular weight excluding hydrogens is 215 g/mol. The summed E-state index contributed by atoms with van der Waals surface area (Å²) in [6.07, 6.45) is 1.15. The minimum atomic E-state index is -4.84. The van der Waals surface area contributed by atoms with Crippen molar-refractivity contribution in [3.05, 3.63) is 41.4 Å². The number of hydrogen-bond donors (Lipinski definition) is 0. The van der Waals surface area contributed by atoms with Crippen LogP contribution in [0.25, 0.3) is 6.08 Å². The second-order valence-corrected chi connectivity index (χ2v) is 2.87. The third-order valence-electron chi connectivity index (χ3n) is 1.71. The normalized spacial score (nSPS) is 12.1. The Balaban J connectivity index is 0.00000169. The van der Waals surface area contributed by atoms with Gasteiger partial charge in [-0.25, -0.2) is 0 Å². The largest absolute Gasteiger partial charge is 1.00 e. The molecule has 0 saturated heterocycles. The molecule has 1 rings (SSSR count). The molecule has 0 aliphatic carbocycles. The summed E-state index contributed by atoms with van der Waals surface area (Å²) in [5, 5.41) is 0. The van der Waals surface area contributed by atoms with Gasteiger partial charge in [-0.2, -0.15) is 0 Å². The molecule has 0 amide bonds. The first kappa shape index (κ1) is 14.5. The maximum atomic E-state index is 12.1. The minimum Gasteiger partial charge on any atom is -0.445 e. The summed E-state index contributed by atoms with van der Waals surface area (Å²) in [6, 6.07) is 8.48. The van der Waals surface area contributed by atoms with Crippen molar-refractivity contribution in [2.75, 3.05) is 0 Å². The molecule has 0 radical (unpaired) electrons. The molecule has 0 N–H and O–H groups in total. The van der Waals surface area contributed by atoms with Crippen LogP contribution in [0.2, 0.25) is 0 Å². The van der Waals surface area contributed by atoms with Gasteiger partial charge in [0.15, 0.2) is 0 Å². The zero-order valence-electron chi connectivity index (χ0n) is 8.18. The summed E-state index contributed by atoms with van der Waals surface area (Å²) < 4.78 is 36.4. The van der Waals surface area contributed by atoms with E-state index in [1.807, 2.05) is 0 Å². The summed E-state index contributed by atoms with van der Waals surface area (Å²) in [4.78, 5) is 0. The van der Waals surface area contributed by atoms with Gasteiger partial charge in [0.25, 0.3) is 0 Å². The van der Waals surface area contributed by atoms with Gasteiger partial charge in [0.05, 0.1) is 0 Å². The quantitative estimate of drug-likeness (QED) is 0.641. The van der Waals surface area contributed by atoms with Crippen molar-refractivity contribution in [3.63, 3.8) is 0 Å². The van der Waals surface area contributed by atoms with Crippen LogP contribution in [0.3, 0.4) is 0 Å². The second kappa shape index (κ2) is 6.13. The van der Waals surface area contributed by atoms with Gasteiger partial charge in [0.1, 0.15) is 0 Å². The molecule has 0 atom stereocenters. The number of halogens is 3. The molecule has 0 bridgehead atoms. The zero-order chi connectivity index (χ0) is 9.90. The molecule has 0 saturated carbocycles. The molecule has 5 heteroatoms. The first-order valence-corrected chi connectivity index (χ1v) is 3.93. The van der Waals surface area contributed by atoms with E-state index in [1.54, 1.807) is 30.3 Å². The Hall–Kier alpha value is 0.451. The maximum absolute atomic E-state index is 12.1. The van der Waals surface area contributed by atoms with Gasteiger partial charge >= 0.3 is 58.4 Å². The van der Waals surface area contributed by atoms with Crippen molar-refractivity contribution < 1.29 is 64.3 Å². The SMILES string of the molecule is C/C(=C\c1ccccc1)[B-](F)(F)F.[K+]. The van der Waals surface area contributed by atoms with E-state index in [9.17, 15) is 12.9 Å². The summed E-state index contributed by atoms with van der Waals surface area (Å²) in [5.74, 6) is 0. The number of benzene rings is 1. The van der Waals surface area contributed by atoms with Crippen LogP contribution >= 0.6 is 0 Å². The Morgan fingerprint density at radius 2 is 1.64 bits per heavy atom. The fourth-order valence-electron chi connectivity index (χ4n) is 0.907. The van der Waals surface area contributed by atoms with Gasteiger partial charge in [-0.1, -0.05) is 43.3 Å². The molecule has 0 aliphatic heterocycles. The van der Waals surface area contributed by atoms with Crippen LogP contribution in [-0.4, -0.2) is 6.98 Å². The number of hydrogen-bond acceptors (Lipinski definition) is 0. The van der Waals surface area contributed by atoms with E-state index >= 15 is 0 Å². The van der Waals surface area contributed by atoms with Crippen molar-refractivity contribution in [1.29, 1.82) is 0 Å². The first-order chi connectivity index (χ1) is 6.00. The minimum absolute atomic E-state index is 0. The van der Waals surface area contributed by atoms with E-state index in [2.05, 4.69) is 0 Å². The molecule has 1 aromatic rings. The van der Waals surface area contributed by atoms with Gasteiger partial charge in [-0.05, 0) is 5.56 Å². The molecule has 0 aromatic heterocycles. The fourth-order valence-corrected chi connectivity index (χ4v) is 0.907. The Kier molecular flexibility index (Phi) is 6.32. The summed E-state index contributed by atoms with van der Waals surface area (Å²) >= 11 is 0. The van der Waals surface area contributed by atoms with Crippen molar-refractivity contribution in [1.82, 2.24) is 0 Å². The monoisotopic (exact) mass is 224 g/mol. The Bertz CT molecular complexity index is 306. The molecule has 0 heterocycles. The molecule has 0 spiro atoms. The van der Waals surface area contributed by atoms with E-state index in [-0.39, 0.29) is 51.4 Å². The predicted molar refractivity (Wildman–Crippen MR) is 49.2 cm³/mol. The molecule has 70 valence electrons. The van der Waals surface area contributed by atoms with Crippen LogP contribution in [0.5, 0.6) is 0 Å². The van der Waals surface area contributed by atoms with Crippen molar-refractivity contribution in [2.45, 2.75) is 6.92 Å².